The molecule has 1 aliphatic rings. The van der Waals surface area contributed by atoms with Gasteiger partial charge in [0.15, 0.2) is 0 Å². The summed E-state index contributed by atoms with van der Waals surface area (Å²) in [5.41, 5.74) is 9.57. The molecular formula is C14H13FN2. The van der Waals surface area contributed by atoms with Gasteiger partial charge in [-0.05, 0) is 29.2 Å². The molecule has 0 saturated heterocycles. The van der Waals surface area contributed by atoms with Crippen LogP contribution in [0.5, 0.6) is 0 Å². The summed E-state index contributed by atoms with van der Waals surface area (Å²) in [7, 11) is 0. The van der Waals surface area contributed by atoms with Gasteiger partial charge in [0.25, 0.3) is 0 Å². The summed E-state index contributed by atoms with van der Waals surface area (Å²) in [6, 6.07) is 9.55. The molecule has 0 aliphatic heterocycles. The molecule has 3 heteroatoms. The van der Waals surface area contributed by atoms with Crippen LogP contribution < -0.4 is 5.73 Å². The van der Waals surface area contributed by atoms with Crippen LogP contribution in [-0.2, 0) is 6.42 Å². The van der Waals surface area contributed by atoms with Crippen molar-refractivity contribution in [1.29, 1.82) is 0 Å². The smallest absolute Gasteiger partial charge is 0.141 e. The van der Waals surface area contributed by atoms with Crippen LogP contribution in [-0.4, -0.2) is 4.98 Å². The molecule has 1 aliphatic carbocycles. The molecule has 3 rings (SSSR count). The Hall–Kier alpha value is -1.74. The van der Waals surface area contributed by atoms with Gasteiger partial charge in [-0.2, -0.15) is 0 Å². The standard InChI is InChI=1S/C14H13FN2/c15-11-5-10(7-17-8-11)14(16)13-6-9-3-1-2-4-12(9)13/h1-5,7-8,13-14H,6,16H2. The van der Waals surface area contributed by atoms with Gasteiger partial charge in [-0.3, -0.25) is 4.98 Å². The van der Waals surface area contributed by atoms with E-state index in [4.69, 9.17) is 5.73 Å². The molecule has 0 bridgehead atoms. The average Bonchev–Trinajstić information content (AvgIpc) is 2.30. The number of hydrogen-bond acceptors (Lipinski definition) is 2. The summed E-state index contributed by atoms with van der Waals surface area (Å²) in [4.78, 5) is 3.85. The van der Waals surface area contributed by atoms with E-state index in [1.54, 1.807) is 6.20 Å². The van der Waals surface area contributed by atoms with E-state index in [9.17, 15) is 4.39 Å². The number of pyridine rings is 1. The molecule has 1 aromatic carbocycles. The maximum atomic E-state index is 13.1. The predicted octanol–water partition coefficient (Wildman–Crippen LogP) is 2.56. The van der Waals surface area contributed by atoms with E-state index in [0.29, 0.717) is 0 Å². The van der Waals surface area contributed by atoms with Crippen LogP contribution in [0.25, 0.3) is 0 Å². The normalized spacial score (nSPS) is 19.3. The van der Waals surface area contributed by atoms with Crippen molar-refractivity contribution in [2.75, 3.05) is 0 Å². The van der Waals surface area contributed by atoms with Gasteiger partial charge in [0.2, 0.25) is 0 Å². The van der Waals surface area contributed by atoms with Gasteiger partial charge >= 0.3 is 0 Å². The molecule has 1 heterocycles. The van der Waals surface area contributed by atoms with E-state index >= 15 is 0 Å². The molecule has 0 spiro atoms. The molecule has 2 N–H and O–H groups in total. The molecule has 0 amide bonds. The lowest BCUT2D eigenvalue weighted by Gasteiger charge is -2.34. The zero-order valence-corrected chi connectivity index (χ0v) is 9.31. The number of rotatable bonds is 2. The Kier molecular flexibility index (Phi) is 2.41. The number of aromatic nitrogens is 1. The number of halogens is 1. The van der Waals surface area contributed by atoms with Gasteiger partial charge in [0, 0.05) is 18.2 Å². The monoisotopic (exact) mass is 228 g/mol. The molecule has 2 unspecified atom stereocenters. The Morgan fingerprint density at radius 1 is 1.29 bits per heavy atom. The number of nitrogens with two attached hydrogens (primary N) is 1. The van der Waals surface area contributed by atoms with E-state index in [2.05, 4.69) is 17.1 Å². The SMILES string of the molecule is NC(c1cncc(F)c1)C1Cc2ccccc21. The Morgan fingerprint density at radius 3 is 2.88 bits per heavy atom. The third kappa shape index (κ3) is 1.72. The second kappa shape index (κ2) is 3.93. The van der Waals surface area contributed by atoms with E-state index in [0.717, 1.165) is 12.0 Å². The number of benzene rings is 1. The lowest BCUT2D eigenvalue weighted by atomic mass is 9.72. The maximum Gasteiger partial charge on any atom is 0.141 e. The Balaban J connectivity index is 1.88. The molecule has 86 valence electrons. The fourth-order valence-corrected chi connectivity index (χ4v) is 2.46. The second-order valence-electron chi connectivity index (χ2n) is 4.47. The first-order chi connectivity index (χ1) is 8.25. The Labute approximate surface area is 99.3 Å². The third-order valence-electron chi connectivity index (χ3n) is 3.44. The summed E-state index contributed by atoms with van der Waals surface area (Å²) >= 11 is 0. The topological polar surface area (TPSA) is 38.9 Å². The van der Waals surface area contributed by atoms with Crippen LogP contribution in [0, 0.1) is 5.82 Å². The average molecular weight is 228 g/mol. The van der Waals surface area contributed by atoms with Crippen molar-refractivity contribution in [1.82, 2.24) is 4.98 Å². The number of hydrogen-bond donors (Lipinski definition) is 1. The number of nitrogens with zero attached hydrogens (tertiary/aromatic N) is 1. The zero-order valence-electron chi connectivity index (χ0n) is 9.31. The molecule has 0 fully saturated rings. The van der Waals surface area contributed by atoms with E-state index in [1.807, 2.05) is 12.1 Å². The maximum absolute atomic E-state index is 13.1. The van der Waals surface area contributed by atoms with Crippen LogP contribution in [0.15, 0.2) is 42.7 Å². The minimum Gasteiger partial charge on any atom is -0.323 e. The summed E-state index contributed by atoms with van der Waals surface area (Å²) < 4.78 is 13.1. The molecule has 0 saturated carbocycles. The summed E-state index contributed by atoms with van der Waals surface area (Å²) in [6.45, 7) is 0. The summed E-state index contributed by atoms with van der Waals surface area (Å²) in [5, 5.41) is 0. The molecule has 2 aromatic rings. The van der Waals surface area contributed by atoms with Crippen LogP contribution in [0.3, 0.4) is 0 Å². The zero-order chi connectivity index (χ0) is 11.8. The highest BCUT2D eigenvalue weighted by atomic mass is 19.1. The molecule has 2 atom stereocenters. The van der Waals surface area contributed by atoms with Crippen molar-refractivity contribution in [3.8, 4) is 0 Å². The lowest BCUT2D eigenvalue weighted by Crippen LogP contribution is -2.29. The molecule has 0 radical (unpaired) electrons. The third-order valence-corrected chi connectivity index (χ3v) is 3.44. The molecule has 17 heavy (non-hydrogen) atoms. The van der Waals surface area contributed by atoms with E-state index in [1.165, 1.54) is 23.4 Å². The van der Waals surface area contributed by atoms with Crippen LogP contribution in [0.2, 0.25) is 0 Å². The first-order valence-corrected chi connectivity index (χ1v) is 5.69. The first kappa shape index (κ1) is 10.4. The predicted molar refractivity (Wildman–Crippen MR) is 64.0 cm³/mol. The summed E-state index contributed by atoms with van der Waals surface area (Å²) in [6.07, 6.45) is 3.81. The largest absolute Gasteiger partial charge is 0.323 e. The second-order valence-corrected chi connectivity index (χ2v) is 4.47. The van der Waals surface area contributed by atoms with E-state index < -0.39 is 0 Å². The van der Waals surface area contributed by atoms with Gasteiger partial charge in [-0.1, -0.05) is 24.3 Å². The van der Waals surface area contributed by atoms with Gasteiger partial charge in [0.05, 0.1) is 6.20 Å². The van der Waals surface area contributed by atoms with Crippen LogP contribution in [0.4, 0.5) is 4.39 Å². The highest BCUT2D eigenvalue weighted by Crippen LogP contribution is 2.42. The quantitative estimate of drug-likeness (QED) is 0.858. The molecule has 1 aromatic heterocycles. The van der Waals surface area contributed by atoms with Crippen molar-refractivity contribution in [3.05, 3.63) is 65.2 Å². The van der Waals surface area contributed by atoms with Gasteiger partial charge in [0.1, 0.15) is 5.82 Å². The van der Waals surface area contributed by atoms with Gasteiger partial charge in [-0.25, -0.2) is 4.39 Å². The van der Waals surface area contributed by atoms with Crippen molar-refractivity contribution in [2.24, 2.45) is 5.73 Å². The Morgan fingerprint density at radius 2 is 2.12 bits per heavy atom. The van der Waals surface area contributed by atoms with Crippen molar-refractivity contribution >= 4 is 0 Å². The minimum atomic E-state index is -0.328. The fourth-order valence-electron chi connectivity index (χ4n) is 2.46. The minimum absolute atomic E-state index is 0.173. The lowest BCUT2D eigenvalue weighted by molar-refractivity contribution is 0.495. The van der Waals surface area contributed by atoms with Crippen LogP contribution >= 0.6 is 0 Å². The number of fused-ring (bicyclic) bond motifs is 1. The highest BCUT2D eigenvalue weighted by molar-refractivity contribution is 5.42. The van der Waals surface area contributed by atoms with E-state index in [-0.39, 0.29) is 17.8 Å². The Bertz CT molecular complexity index is 553. The molecule has 2 nitrogen and oxygen atoms in total. The van der Waals surface area contributed by atoms with Gasteiger partial charge < -0.3 is 5.73 Å². The first-order valence-electron chi connectivity index (χ1n) is 5.69. The van der Waals surface area contributed by atoms with Crippen molar-refractivity contribution in [2.45, 2.75) is 18.4 Å². The highest BCUT2D eigenvalue weighted by Gasteiger charge is 2.31. The van der Waals surface area contributed by atoms with Crippen molar-refractivity contribution < 1.29 is 4.39 Å². The fraction of sp³-hybridized carbons (Fsp3) is 0.214. The van der Waals surface area contributed by atoms with Crippen LogP contribution in [0.1, 0.15) is 28.7 Å². The molecular weight excluding hydrogens is 215 g/mol. The summed E-state index contributed by atoms with van der Waals surface area (Å²) in [5.74, 6) is -0.0413. The van der Waals surface area contributed by atoms with Gasteiger partial charge in [-0.15, -0.1) is 0 Å². The van der Waals surface area contributed by atoms with Crippen molar-refractivity contribution in [3.63, 3.8) is 0 Å².